The van der Waals surface area contributed by atoms with Crippen LogP contribution in [0.25, 0.3) is 10.1 Å². The number of fused-ring (bicyclic) bond motifs is 1. The summed E-state index contributed by atoms with van der Waals surface area (Å²) in [5, 5.41) is 1.04. The molecule has 4 aromatic rings. The minimum absolute atomic E-state index is 0.0184. The zero-order chi connectivity index (χ0) is 24.7. The average molecular weight is 574 g/mol. The molecule has 4 rings (SSSR count). The number of anilines is 1. The van der Waals surface area contributed by atoms with Gasteiger partial charge in [0.15, 0.2) is 0 Å². The summed E-state index contributed by atoms with van der Waals surface area (Å²) in [6, 6.07) is 15.3. The van der Waals surface area contributed by atoms with E-state index in [4.69, 9.17) is 4.74 Å². The number of ether oxygens (including phenoxy) is 1. The zero-order valence-corrected chi connectivity index (χ0v) is 20.7. The van der Waals surface area contributed by atoms with Gasteiger partial charge in [-0.1, -0.05) is 24.3 Å². The lowest BCUT2D eigenvalue weighted by Gasteiger charge is -2.24. The van der Waals surface area contributed by atoms with Gasteiger partial charge in [0.1, 0.15) is 16.6 Å². The first-order valence-corrected chi connectivity index (χ1v) is 12.8. The molecule has 0 saturated heterocycles. The molecule has 1 aromatic heterocycles. The van der Waals surface area contributed by atoms with E-state index < -0.39 is 34.1 Å². The second-order valence-corrected chi connectivity index (χ2v) is 10.9. The van der Waals surface area contributed by atoms with Gasteiger partial charge in [0.25, 0.3) is 10.0 Å². The molecule has 0 fully saturated rings. The van der Waals surface area contributed by atoms with Crippen molar-refractivity contribution in [1.29, 1.82) is 0 Å². The Hall–Kier alpha value is -2.63. The molecule has 0 unspecified atom stereocenters. The second-order valence-electron chi connectivity index (χ2n) is 7.22. The molecule has 11 heteroatoms. The van der Waals surface area contributed by atoms with Gasteiger partial charge in [0, 0.05) is 10.1 Å². The zero-order valence-electron chi connectivity index (χ0n) is 17.4. The van der Waals surface area contributed by atoms with Gasteiger partial charge in [-0.15, -0.1) is 11.3 Å². The van der Waals surface area contributed by atoms with E-state index in [1.807, 2.05) is 6.07 Å². The van der Waals surface area contributed by atoms with Crippen LogP contribution in [-0.4, -0.2) is 15.5 Å². The number of halogens is 5. The number of rotatable bonds is 6. The van der Waals surface area contributed by atoms with Gasteiger partial charge in [0.2, 0.25) is 0 Å². The predicted molar refractivity (Wildman–Crippen MR) is 127 cm³/mol. The van der Waals surface area contributed by atoms with E-state index in [0.717, 1.165) is 20.5 Å². The summed E-state index contributed by atoms with van der Waals surface area (Å²) in [6.45, 7) is -0.441. The van der Waals surface area contributed by atoms with Gasteiger partial charge in [-0.05, 0) is 64.0 Å². The highest BCUT2D eigenvalue weighted by Crippen LogP contribution is 2.44. The first-order valence-electron chi connectivity index (χ1n) is 9.72. The number of hydrogen-bond acceptors (Lipinski definition) is 4. The molecule has 4 nitrogen and oxygen atoms in total. The van der Waals surface area contributed by atoms with Crippen molar-refractivity contribution in [3.8, 4) is 5.75 Å². The van der Waals surface area contributed by atoms with E-state index in [-0.39, 0.29) is 15.5 Å². The van der Waals surface area contributed by atoms with E-state index >= 15 is 0 Å². The molecule has 0 aliphatic carbocycles. The van der Waals surface area contributed by atoms with Crippen molar-refractivity contribution in [2.24, 2.45) is 0 Å². The summed E-state index contributed by atoms with van der Waals surface area (Å²) < 4.78 is 88.4. The van der Waals surface area contributed by atoms with Crippen LogP contribution in [-0.2, 0) is 22.7 Å². The van der Waals surface area contributed by atoms with Crippen LogP contribution in [0.3, 0.4) is 0 Å². The molecule has 1 heterocycles. The molecule has 3 aromatic carbocycles. The van der Waals surface area contributed by atoms with Crippen molar-refractivity contribution in [3.63, 3.8) is 0 Å². The van der Waals surface area contributed by atoms with Gasteiger partial charge in [-0.2, -0.15) is 13.2 Å². The quantitative estimate of drug-likeness (QED) is 0.229. The molecule has 0 aliphatic rings. The molecular formula is C23H16BrF4NO3S2. The number of nitrogens with zero attached hydrogens (tertiary/aromatic N) is 1. The number of thiophene rings is 1. The van der Waals surface area contributed by atoms with Crippen LogP contribution in [0.4, 0.5) is 22.6 Å². The highest BCUT2D eigenvalue weighted by molar-refractivity contribution is 9.10. The van der Waals surface area contributed by atoms with E-state index in [1.54, 1.807) is 18.2 Å². The summed E-state index contributed by atoms with van der Waals surface area (Å²) in [5.74, 6) is -0.981. The summed E-state index contributed by atoms with van der Waals surface area (Å²) in [7, 11) is -2.78. The van der Waals surface area contributed by atoms with Gasteiger partial charge < -0.3 is 4.74 Å². The van der Waals surface area contributed by atoms with Crippen molar-refractivity contribution in [2.45, 2.75) is 17.6 Å². The van der Waals surface area contributed by atoms with Gasteiger partial charge in [0.05, 0.1) is 28.6 Å². The standard InChI is InChI=1S/C23H16BrF4NO3S2/c1-32-15-7-9-16(10-8-15)34(30,31)29(22-21(24)17-4-2-3-5-20(17)33-22)13-14-6-11-19(25)18(12-14)23(26,27)28/h2-12H,13H2,1H3. The average Bonchev–Trinajstić information content (AvgIpc) is 3.13. The van der Waals surface area contributed by atoms with Crippen LogP contribution in [0, 0.1) is 5.82 Å². The Morgan fingerprint density at radius 1 is 1.03 bits per heavy atom. The van der Waals surface area contributed by atoms with Crippen molar-refractivity contribution < 1.29 is 30.7 Å². The minimum atomic E-state index is -4.92. The third kappa shape index (κ3) is 4.64. The molecule has 0 spiro atoms. The summed E-state index contributed by atoms with van der Waals surface area (Å²) in [5.41, 5.74) is -1.47. The first-order chi connectivity index (χ1) is 16.0. The van der Waals surface area contributed by atoms with Crippen molar-refractivity contribution in [1.82, 2.24) is 0 Å². The number of hydrogen-bond donors (Lipinski definition) is 0. The van der Waals surface area contributed by atoms with Crippen LogP contribution < -0.4 is 9.04 Å². The topological polar surface area (TPSA) is 46.6 Å². The summed E-state index contributed by atoms with van der Waals surface area (Å²) >= 11 is 4.63. The molecule has 0 bridgehead atoms. The third-order valence-corrected chi connectivity index (χ3v) is 9.19. The van der Waals surface area contributed by atoms with Gasteiger partial charge in [-0.3, -0.25) is 4.31 Å². The number of benzene rings is 3. The smallest absolute Gasteiger partial charge is 0.419 e. The lowest BCUT2D eigenvalue weighted by Crippen LogP contribution is -2.30. The minimum Gasteiger partial charge on any atom is -0.497 e. The summed E-state index contributed by atoms with van der Waals surface area (Å²) in [6.07, 6.45) is -4.92. The molecule has 0 N–H and O–H groups in total. The second kappa shape index (κ2) is 9.20. The fraction of sp³-hybridized carbons (Fsp3) is 0.130. The maximum absolute atomic E-state index is 13.8. The van der Waals surface area contributed by atoms with E-state index in [0.29, 0.717) is 22.4 Å². The van der Waals surface area contributed by atoms with Crippen LogP contribution in [0.5, 0.6) is 5.75 Å². The molecule has 0 radical (unpaired) electrons. The SMILES string of the molecule is COc1ccc(S(=O)(=O)N(Cc2ccc(F)c(C(F)(F)F)c2)c2sc3ccccc3c2Br)cc1. The molecule has 0 atom stereocenters. The maximum atomic E-state index is 13.8. The van der Waals surface area contributed by atoms with Crippen molar-refractivity contribution >= 4 is 52.4 Å². The van der Waals surface area contributed by atoms with E-state index in [1.165, 1.54) is 42.7 Å². The fourth-order valence-corrected chi connectivity index (χ4v) is 7.18. The Morgan fingerprint density at radius 2 is 1.71 bits per heavy atom. The first kappa shape index (κ1) is 24.5. The highest BCUT2D eigenvalue weighted by Gasteiger charge is 2.35. The molecule has 0 amide bonds. The lowest BCUT2D eigenvalue weighted by atomic mass is 10.1. The van der Waals surface area contributed by atoms with Gasteiger partial charge >= 0.3 is 6.18 Å². The maximum Gasteiger partial charge on any atom is 0.419 e. The Balaban J connectivity index is 1.87. The van der Waals surface area contributed by atoms with E-state index in [2.05, 4.69) is 15.9 Å². The number of sulfonamides is 1. The summed E-state index contributed by atoms with van der Waals surface area (Å²) in [4.78, 5) is -0.0733. The third-order valence-electron chi connectivity index (χ3n) is 5.05. The van der Waals surface area contributed by atoms with Crippen molar-refractivity contribution in [3.05, 3.63) is 88.1 Å². The molecule has 0 aliphatic heterocycles. The molecule has 34 heavy (non-hydrogen) atoms. The predicted octanol–water partition coefficient (Wildman–Crippen LogP) is 7.23. The molecule has 178 valence electrons. The molecule has 0 saturated carbocycles. The Kier molecular flexibility index (Phi) is 6.63. The Labute approximate surface area is 205 Å². The number of alkyl halides is 3. The van der Waals surface area contributed by atoms with E-state index in [9.17, 15) is 26.0 Å². The Morgan fingerprint density at radius 3 is 2.32 bits per heavy atom. The number of methoxy groups -OCH3 is 1. The lowest BCUT2D eigenvalue weighted by molar-refractivity contribution is -0.140. The largest absolute Gasteiger partial charge is 0.497 e. The van der Waals surface area contributed by atoms with Crippen LogP contribution in [0.15, 0.2) is 76.1 Å². The molecular weight excluding hydrogens is 558 g/mol. The van der Waals surface area contributed by atoms with Crippen LogP contribution in [0.1, 0.15) is 11.1 Å². The van der Waals surface area contributed by atoms with Crippen LogP contribution >= 0.6 is 27.3 Å². The van der Waals surface area contributed by atoms with Crippen LogP contribution in [0.2, 0.25) is 0 Å². The normalized spacial score (nSPS) is 12.2. The highest BCUT2D eigenvalue weighted by atomic mass is 79.9. The van der Waals surface area contributed by atoms with Gasteiger partial charge in [-0.25, -0.2) is 12.8 Å². The monoisotopic (exact) mass is 573 g/mol. The van der Waals surface area contributed by atoms with Crippen molar-refractivity contribution in [2.75, 3.05) is 11.4 Å². The Bertz CT molecular complexity index is 1450. The fourth-order valence-electron chi connectivity index (χ4n) is 3.36.